The van der Waals surface area contributed by atoms with Gasteiger partial charge in [-0.05, 0) is 30.7 Å². The van der Waals surface area contributed by atoms with Crippen molar-refractivity contribution in [2.45, 2.75) is 6.92 Å². The van der Waals surface area contributed by atoms with Crippen LogP contribution in [-0.4, -0.2) is 20.9 Å². The van der Waals surface area contributed by atoms with E-state index in [1.54, 1.807) is 18.2 Å². The topological polar surface area (TPSA) is 55.1 Å². The third kappa shape index (κ3) is 1.92. The predicted molar refractivity (Wildman–Crippen MR) is 60.3 cm³/mol. The van der Waals surface area contributed by atoms with E-state index in [1.165, 1.54) is 17.1 Å². The van der Waals surface area contributed by atoms with E-state index >= 15 is 0 Å². The Balaban J connectivity index is 2.46. The van der Waals surface area contributed by atoms with Crippen molar-refractivity contribution in [3.05, 3.63) is 46.7 Å². The number of hydrogen-bond donors (Lipinski definition) is 1. The fraction of sp³-hybridized carbons (Fsp3) is 0.0909. The van der Waals surface area contributed by atoms with Crippen LogP contribution in [0.3, 0.4) is 0 Å². The van der Waals surface area contributed by atoms with Gasteiger partial charge in [0.1, 0.15) is 0 Å². The summed E-state index contributed by atoms with van der Waals surface area (Å²) in [6.07, 6.45) is 2.79. The highest BCUT2D eigenvalue weighted by atomic mass is 35.5. The first-order valence-corrected chi connectivity index (χ1v) is 5.00. The second-order valence-corrected chi connectivity index (χ2v) is 3.85. The molecule has 0 aliphatic heterocycles. The zero-order valence-electron chi connectivity index (χ0n) is 8.51. The Morgan fingerprint density at radius 2 is 2.25 bits per heavy atom. The monoisotopic (exact) mass is 236 g/mol. The molecule has 0 amide bonds. The van der Waals surface area contributed by atoms with Crippen LogP contribution in [0.1, 0.15) is 15.9 Å². The van der Waals surface area contributed by atoms with Crippen molar-refractivity contribution in [2.24, 2.45) is 0 Å². The summed E-state index contributed by atoms with van der Waals surface area (Å²) in [5.74, 6) is -0.988. The molecule has 0 radical (unpaired) electrons. The molecule has 0 unspecified atom stereocenters. The lowest BCUT2D eigenvalue weighted by Gasteiger charge is -2.05. The van der Waals surface area contributed by atoms with Crippen LogP contribution >= 0.6 is 11.6 Å². The molecule has 5 heteroatoms. The Kier molecular flexibility index (Phi) is 2.66. The zero-order chi connectivity index (χ0) is 11.7. The van der Waals surface area contributed by atoms with Gasteiger partial charge in [-0.3, -0.25) is 0 Å². The number of rotatable bonds is 2. The number of carboxylic acid groups (broad SMARTS) is 1. The average Bonchev–Trinajstić information content (AvgIpc) is 2.66. The highest BCUT2D eigenvalue weighted by Gasteiger charge is 2.08. The summed E-state index contributed by atoms with van der Waals surface area (Å²) in [7, 11) is 0. The van der Waals surface area contributed by atoms with E-state index in [9.17, 15) is 4.79 Å². The summed E-state index contributed by atoms with van der Waals surface area (Å²) in [6.45, 7) is 1.89. The lowest BCUT2D eigenvalue weighted by atomic mass is 10.2. The maximum absolute atomic E-state index is 10.7. The fourth-order valence-corrected chi connectivity index (χ4v) is 1.67. The van der Waals surface area contributed by atoms with Gasteiger partial charge in [-0.1, -0.05) is 11.6 Å². The van der Waals surface area contributed by atoms with Crippen molar-refractivity contribution in [3.63, 3.8) is 0 Å². The maximum atomic E-state index is 10.7. The Morgan fingerprint density at radius 3 is 2.81 bits per heavy atom. The fourth-order valence-electron chi connectivity index (χ4n) is 1.44. The molecular formula is C11H9ClN2O2. The lowest BCUT2D eigenvalue weighted by molar-refractivity contribution is 0.0697. The zero-order valence-corrected chi connectivity index (χ0v) is 9.27. The van der Waals surface area contributed by atoms with Crippen LogP contribution in [0.25, 0.3) is 5.69 Å². The first-order valence-electron chi connectivity index (χ1n) is 4.62. The Hall–Kier alpha value is -1.81. The quantitative estimate of drug-likeness (QED) is 0.872. The molecule has 0 bridgehead atoms. The third-order valence-corrected chi connectivity index (χ3v) is 2.47. The number of benzene rings is 1. The largest absolute Gasteiger partial charge is 0.478 e. The van der Waals surface area contributed by atoms with Crippen molar-refractivity contribution in [2.75, 3.05) is 0 Å². The van der Waals surface area contributed by atoms with Crippen LogP contribution in [0.2, 0.25) is 5.02 Å². The van der Waals surface area contributed by atoms with E-state index in [0.717, 1.165) is 11.3 Å². The predicted octanol–water partition coefficient (Wildman–Crippen LogP) is 2.53. The molecule has 1 aromatic heterocycles. The molecule has 2 aromatic rings. The van der Waals surface area contributed by atoms with Crippen molar-refractivity contribution in [1.29, 1.82) is 0 Å². The number of aromatic nitrogens is 2. The first-order chi connectivity index (χ1) is 7.58. The van der Waals surface area contributed by atoms with Gasteiger partial charge < -0.3 is 5.11 Å². The van der Waals surface area contributed by atoms with Crippen LogP contribution in [-0.2, 0) is 0 Å². The van der Waals surface area contributed by atoms with E-state index < -0.39 is 5.97 Å². The normalized spacial score (nSPS) is 10.4. The Morgan fingerprint density at radius 1 is 1.50 bits per heavy atom. The summed E-state index contributed by atoms with van der Waals surface area (Å²) in [4.78, 5) is 10.7. The minimum Gasteiger partial charge on any atom is -0.478 e. The number of carboxylic acids is 1. The number of aromatic carboxylic acids is 1. The highest BCUT2D eigenvalue weighted by Crippen LogP contribution is 2.18. The lowest BCUT2D eigenvalue weighted by Crippen LogP contribution is -1.98. The molecule has 2 rings (SSSR count). The van der Waals surface area contributed by atoms with E-state index in [0.29, 0.717) is 5.02 Å². The molecule has 1 heterocycles. The van der Waals surface area contributed by atoms with Crippen LogP contribution in [0, 0.1) is 6.92 Å². The minimum absolute atomic E-state index is 0.161. The Bertz CT molecular complexity index is 549. The average molecular weight is 237 g/mol. The van der Waals surface area contributed by atoms with Crippen LogP contribution in [0.5, 0.6) is 0 Å². The summed E-state index contributed by atoms with van der Waals surface area (Å²) in [5.41, 5.74) is 1.92. The molecule has 1 N–H and O–H groups in total. The molecule has 0 fully saturated rings. The molecule has 0 saturated heterocycles. The van der Waals surface area contributed by atoms with Gasteiger partial charge >= 0.3 is 5.97 Å². The summed E-state index contributed by atoms with van der Waals surface area (Å²) < 4.78 is 1.52. The smallest absolute Gasteiger partial charge is 0.338 e. The van der Waals surface area contributed by atoms with Gasteiger partial charge in [-0.15, -0.1) is 0 Å². The third-order valence-electron chi connectivity index (χ3n) is 2.24. The molecular weight excluding hydrogens is 228 g/mol. The number of hydrogen-bond acceptors (Lipinski definition) is 2. The molecule has 0 aliphatic carbocycles. The summed E-state index contributed by atoms with van der Waals surface area (Å²) in [6, 6.07) is 5.35. The van der Waals surface area contributed by atoms with Gasteiger partial charge in [0.05, 0.1) is 17.4 Å². The van der Waals surface area contributed by atoms with Crippen molar-refractivity contribution < 1.29 is 9.90 Å². The van der Waals surface area contributed by atoms with E-state index in [4.69, 9.17) is 16.7 Å². The molecule has 0 saturated carbocycles. The first kappa shape index (κ1) is 10.7. The summed E-state index contributed by atoms with van der Waals surface area (Å²) >= 11 is 5.84. The molecule has 0 spiro atoms. The minimum atomic E-state index is -0.988. The molecule has 82 valence electrons. The SMILES string of the molecule is Cc1cc(Cl)ccc1-n1cc(C(=O)O)cn1. The van der Waals surface area contributed by atoms with Gasteiger partial charge in [0.2, 0.25) is 0 Å². The van der Waals surface area contributed by atoms with Crippen molar-refractivity contribution in [3.8, 4) is 5.69 Å². The van der Waals surface area contributed by atoms with Gasteiger partial charge in [0.15, 0.2) is 0 Å². The second-order valence-electron chi connectivity index (χ2n) is 3.41. The van der Waals surface area contributed by atoms with Crippen molar-refractivity contribution in [1.82, 2.24) is 9.78 Å². The number of aryl methyl sites for hydroxylation is 1. The Labute approximate surface area is 97.1 Å². The molecule has 16 heavy (non-hydrogen) atoms. The molecule has 4 nitrogen and oxygen atoms in total. The number of carbonyl (C=O) groups is 1. The molecule has 0 atom stereocenters. The maximum Gasteiger partial charge on any atom is 0.338 e. The van der Waals surface area contributed by atoms with E-state index in [2.05, 4.69) is 5.10 Å². The van der Waals surface area contributed by atoms with Gasteiger partial charge in [-0.25, -0.2) is 9.48 Å². The van der Waals surface area contributed by atoms with Gasteiger partial charge in [0.25, 0.3) is 0 Å². The highest BCUT2D eigenvalue weighted by molar-refractivity contribution is 6.30. The second kappa shape index (κ2) is 3.98. The van der Waals surface area contributed by atoms with Crippen molar-refractivity contribution >= 4 is 17.6 Å². The van der Waals surface area contributed by atoms with E-state index in [1.807, 2.05) is 6.92 Å². The molecule has 1 aromatic carbocycles. The summed E-state index contributed by atoms with van der Waals surface area (Å²) in [5, 5.41) is 13.4. The standard InChI is InChI=1S/C11H9ClN2O2/c1-7-4-9(12)2-3-10(7)14-6-8(5-13-14)11(15)16/h2-6H,1H3,(H,15,16). The van der Waals surface area contributed by atoms with Crippen LogP contribution in [0.15, 0.2) is 30.6 Å². The van der Waals surface area contributed by atoms with Gasteiger partial charge in [-0.2, -0.15) is 5.10 Å². The van der Waals surface area contributed by atoms with E-state index in [-0.39, 0.29) is 5.56 Å². The van der Waals surface area contributed by atoms with Crippen LogP contribution < -0.4 is 0 Å². The van der Waals surface area contributed by atoms with Gasteiger partial charge in [0, 0.05) is 11.2 Å². The number of halogens is 1. The number of nitrogens with zero attached hydrogens (tertiary/aromatic N) is 2. The molecule has 0 aliphatic rings. The van der Waals surface area contributed by atoms with Crippen LogP contribution in [0.4, 0.5) is 0 Å².